The summed E-state index contributed by atoms with van der Waals surface area (Å²) in [5.74, 6) is 0.561. The zero-order chi connectivity index (χ0) is 18.6. The predicted octanol–water partition coefficient (Wildman–Crippen LogP) is 3.15. The molecule has 0 aliphatic carbocycles. The first-order valence-electron chi connectivity index (χ1n) is 8.70. The second-order valence-electron chi connectivity index (χ2n) is 6.23. The van der Waals surface area contributed by atoms with Gasteiger partial charge in [0.05, 0.1) is 29.6 Å². The highest BCUT2D eigenvalue weighted by Crippen LogP contribution is 2.21. The van der Waals surface area contributed by atoms with E-state index >= 15 is 0 Å². The van der Waals surface area contributed by atoms with Crippen LogP contribution in [0.25, 0.3) is 10.9 Å². The number of carbonyl (C=O) groups is 1. The van der Waals surface area contributed by atoms with Gasteiger partial charge in [-0.25, -0.2) is 9.97 Å². The molecule has 0 N–H and O–H groups in total. The Morgan fingerprint density at radius 2 is 2.00 bits per heavy atom. The van der Waals surface area contributed by atoms with Crippen LogP contribution in [0.2, 0.25) is 0 Å². The number of hydrogen-bond donors (Lipinski definition) is 0. The molecule has 7 heteroatoms. The third kappa shape index (κ3) is 4.03. The molecule has 4 rings (SSSR count). The molecule has 27 heavy (non-hydrogen) atoms. The summed E-state index contributed by atoms with van der Waals surface area (Å²) < 4.78 is 12.6. The highest BCUT2D eigenvalue weighted by Gasteiger charge is 2.26. The summed E-state index contributed by atoms with van der Waals surface area (Å²) >= 11 is 2.19. The summed E-state index contributed by atoms with van der Waals surface area (Å²) in [6.07, 6.45) is 1.30. The van der Waals surface area contributed by atoms with Crippen LogP contribution in [0, 0.1) is 3.57 Å². The van der Waals surface area contributed by atoms with E-state index in [1.54, 1.807) is 0 Å². The van der Waals surface area contributed by atoms with Crippen molar-refractivity contribution in [1.29, 1.82) is 0 Å². The van der Waals surface area contributed by atoms with E-state index in [1.165, 1.54) is 6.33 Å². The summed E-state index contributed by atoms with van der Waals surface area (Å²) in [5, 5.41) is 0.864. The summed E-state index contributed by atoms with van der Waals surface area (Å²) in [4.78, 5) is 23.1. The van der Waals surface area contributed by atoms with Crippen molar-refractivity contribution in [3.05, 3.63) is 64.0 Å². The molecule has 1 unspecified atom stereocenters. The molecule has 1 amide bonds. The van der Waals surface area contributed by atoms with Crippen LogP contribution in [0.4, 0.5) is 0 Å². The minimum atomic E-state index is -0.196. The molecule has 1 aliphatic heterocycles. The first-order chi connectivity index (χ1) is 13.2. The fourth-order valence-corrected chi connectivity index (χ4v) is 3.69. The molecule has 1 aliphatic rings. The fraction of sp³-hybridized carbons (Fsp3) is 0.250. The van der Waals surface area contributed by atoms with Crippen LogP contribution in [0.3, 0.4) is 0 Å². The average molecular weight is 475 g/mol. The minimum Gasteiger partial charge on any atom is -0.474 e. The lowest BCUT2D eigenvalue weighted by molar-refractivity contribution is -0.0405. The number of amides is 1. The number of fused-ring (bicyclic) bond motifs is 1. The van der Waals surface area contributed by atoms with Crippen molar-refractivity contribution in [3.8, 4) is 5.88 Å². The number of morpholine rings is 1. The highest BCUT2D eigenvalue weighted by atomic mass is 127. The van der Waals surface area contributed by atoms with E-state index in [4.69, 9.17) is 9.47 Å². The van der Waals surface area contributed by atoms with Gasteiger partial charge < -0.3 is 14.4 Å². The molecule has 6 nitrogen and oxygen atoms in total. The maximum Gasteiger partial charge on any atom is 0.255 e. The van der Waals surface area contributed by atoms with Crippen LogP contribution in [0.15, 0.2) is 54.9 Å². The number of aromatic nitrogens is 2. The fourth-order valence-electron chi connectivity index (χ4n) is 3.08. The average Bonchev–Trinajstić information content (AvgIpc) is 2.72. The number of ether oxygens (including phenoxy) is 2. The second kappa shape index (κ2) is 8.18. The van der Waals surface area contributed by atoms with Gasteiger partial charge in [0.2, 0.25) is 5.88 Å². The number of benzene rings is 2. The maximum absolute atomic E-state index is 12.8. The summed E-state index contributed by atoms with van der Waals surface area (Å²) in [6, 6.07) is 15.3. The maximum atomic E-state index is 12.8. The molecule has 1 atom stereocenters. The molecular formula is C20H18IN3O3. The lowest BCUT2D eigenvalue weighted by atomic mass is 10.1. The quantitative estimate of drug-likeness (QED) is 0.543. The Balaban J connectivity index is 1.43. The molecule has 1 aromatic heterocycles. The predicted molar refractivity (Wildman–Crippen MR) is 110 cm³/mol. The minimum absolute atomic E-state index is 0.0285. The van der Waals surface area contributed by atoms with Crippen molar-refractivity contribution >= 4 is 39.4 Å². The number of nitrogens with zero attached hydrogens (tertiary/aromatic N) is 3. The van der Waals surface area contributed by atoms with Gasteiger partial charge in [0, 0.05) is 10.1 Å². The molecule has 2 heterocycles. The Bertz CT molecular complexity index is 961. The monoisotopic (exact) mass is 475 g/mol. The largest absolute Gasteiger partial charge is 0.474 e. The first-order valence-corrected chi connectivity index (χ1v) is 9.78. The molecule has 0 radical (unpaired) electrons. The van der Waals surface area contributed by atoms with Crippen LogP contribution >= 0.6 is 22.6 Å². The van der Waals surface area contributed by atoms with E-state index in [0.717, 1.165) is 20.0 Å². The van der Waals surface area contributed by atoms with Gasteiger partial charge >= 0.3 is 0 Å². The Morgan fingerprint density at radius 3 is 2.89 bits per heavy atom. The summed E-state index contributed by atoms with van der Waals surface area (Å²) in [5.41, 5.74) is 1.56. The van der Waals surface area contributed by atoms with Crippen molar-refractivity contribution < 1.29 is 14.3 Å². The number of para-hydroxylation sites is 1. The van der Waals surface area contributed by atoms with Crippen LogP contribution < -0.4 is 4.74 Å². The number of halogens is 1. The zero-order valence-corrected chi connectivity index (χ0v) is 16.7. The van der Waals surface area contributed by atoms with Crippen LogP contribution in [0.5, 0.6) is 5.88 Å². The van der Waals surface area contributed by atoms with Crippen molar-refractivity contribution in [2.75, 3.05) is 26.3 Å². The van der Waals surface area contributed by atoms with E-state index < -0.39 is 0 Å². The van der Waals surface area contributed by atoms with Crippen LogP contribution in [-0.4, -0.2) is 53.2 Å². The van der Waals surface area contributed by atoms with E-state index in [0.29, 0.717) is 32.2 Å². The van der Waals surface area contributed by atoms with Gasteiger partial charge in [-0.05, 0) is 46.9 Å². The lowest BCUT2D eigenvalue weighted by Gasteiger charge is -2.33. The standard InChI is InChI=1S/C20H18IN3O3/c21-17-7-3-1-5-15(17)20(25)24-9-10-26-14(11-24)12-27-19-16-6-2-4-8-18(16)22-13-23-19/h1-8,13-14H,9-12H2. The Labute approximate surface area is 170 Å². The van der Waals surface area contributed by atoms with Crippen molar-refractivity contribution in [1.82, 2.24) is 14.9 Å². The third-order valence-corrected chi connectivity index (χ3v) is 5.38. The Morgan fingerprint density at radius 1 is 1.19 bits per heavy atom. The number of rotatable bonds is 4. The Kier molecular flexibility index (Phi) is 5.49. The highest BCUT2D eigenvalue weighted by molar-refractivity contribution is 14.1. The van der Waals surface area contributed by atoms with E-state index in [-0.39, 0.29) is 12.0 Å². The van der Waals surface area contributed by atoms with Gasteiger partial charge in [-0.2, -0.15) is 0 Å². The van der Waals surface area contributed by atoms with Gasteiger partial charge in [0.25, 0.3) is 5.91 Å². The Hall–Kier alpha value is -2.26. The zero-order valence-electron chi connectivity index (χ0n) is 14.5. The van der Waals surface area contributed by atoms with Crippen molar-refractivity contribution in [2.24, 2.45) is 0 Å². The van der Waals surface area contributed by atoms with Gasteiger partial charge in [-0.15, -0.1) is 0 Å². The molecule has 0 bridgehead atoms. The molecule has 3 aromatic rings. The van der Waals surface area contributed by atoms with Crippen molar-refractivity contribution in [2.45, 2.75) is 6.10 Å². The van der Waals surface area contributed by atoms with Crippen molar-refractivity contribution in [3.63, 3.8) is 0 Å². The smallest absolute Gasteiger partial charge is 0.255 e. The van der Waals surface area contributed by atoms with Gasteiger partial charge in [0.15, 0.2) is 0 Å². The van der Waals surface area contributed by atoms with E-state index in [2.05, 4.69) is 32.6 Å². The first kappa shape index (κ1) is 18.1. The van der Waals surface area contributed by atoms with Gasteiger partial charge in [-0.1, -0.05) is 24.3 Å². The molecule has 0 saturated carbocycles. The molecule has 1 fully saturated rings. The van der Waals surface area contributed by atoms with Crippen LogP contribution in [0.1, 0.15) is 10.4 Å². The molecule has 1 saturated heterocycles. The lowest BCUT2D eigenvalue weighted by Crippen LogP contribution is -2.47. The summed E-state index contributed by atoms with van der Waals surface area (Å²) in [7, 11) is 0. The van der Waals surface area contributed by atoms with E-state index in [1.807, 2.05) is 53.4 Å². The van der Waals surface area contributed by atoms with Gasteiger partial charge in [0.1, 0.15) is 19.0 Å². The number of hydrogen-bond acceptors (Lipinski definition) is 5. The normalized spacial score (nSPS) is 17.1. The third-order valence-electron chi connectivity index (χ3n) is 4.44. The topological polar surface area (TPSA) is 64.6 Å². The molecule has 0 spiro atoms. The van der Waals surface area contributed by atoms with E-state index in [9.17, 15) is 4.79 Å². The van der Waals surface area contributed by atoms with Crippen LogP contribution in [-0.2, 0) is 4.74 Å². The molecule has 2 aromatic carbocycles. The summed E-state index contributed by atoms with van der Waals surface area (Å²) in [6.45, 7) is 1.90. The van der Waals surface area contributed by atoms with Gasteiger partial charge in [-0.3, -0.25) is 4.79 Å². The SMILES string of the molecule is O=C(c1ccccc1I)N1CCOC(COc2ncnc3ccccc23)C1. The molecule has 138 valence electrons. The second-order valence-corrected chi connectivity index (χ2v) is 7.39. The number of carbonyl (C=O) groups excluding carboxylic acids is 1. The molecular weight excluding hydrogens is 457 g/mol.